The summed E-state index contributed by atoms with van der Waals surface area (Å²) in [6.07, 6.45) is 1.95. The maximum atomic E-state index is 12.6. The largest absolute Gasteiger partial charge is 0.507 e. The molecule has 0 amide bonds. The minimum atomic E-state index is -0.335. The molecule has 5 heteroatoms. The fourth-order valence-electron chi connectivity index (χ4n) is 15.0. The van der Waals surface area contributed by atoms with Crippen molar-refractivity contribution < 1.29 is 26.2 Å². The molecule has 79 heavy (non-hydrogen) atoms. The number of fused-ring (bicyclic) bond motifs is 10. The van der Waals surface area contributed by atoms with Crippen LogP contribution in [0.15, 0.2) is 182 Å². The van der Waals surface area contributed by atoms with Crippen LogP contribution in [-0.4, -0.2) is 19.6 Å². The first-order chi connectivity index (χ1) is 37.0. The summed E-state index contributed by atoms with van der Waals surface area (Å²) in [5.74, 6) is 0.934. The van der Waals surface area contributed by atoms with Crippen LogP contribution in [0.3, 0.4) is 0 Å². The van der Waals surface area contributed by atoms with Crippen LogP contribution in [0, 0.1) is 11.5 Å². The van der Waals surface area contributed by atoms with Gasteiger partial charge in [0.25, 0.3) is 0 Å². The van der Waals surface area contributed by atoms with Gasteiger partial charge in [0.2, 0.25) is 0 Å². The average Bonchev–Trinajstić information content (AvgIpc) is 4.12. The molecule has 2 heterocycles. The minimum absolute atomic E-state index is 0. The Morgan fingerprint density at radius 3 is 1.63 bits per heavy atom. The van der Waals surface area contributed by atoms with Gasteiger partial charge in [-0.1, -0.05) is 222 Å². The number of nitrogens with zero attached hydrogens (tertiary/aromatic N) is 3. The van der Waals surface area contributed by atoms with Crippen LogP contribution in [0.25, 0.3) is 72.7 Å². The van der Waals surface area contributed by atoms with Crippen LogP contribution < -0.4 is 0 Å². The van der Waals surface area contributed by atoms with Crippen LogP contribution in [0.5, 0.6) is 5.75 Å². The number of para-hydroxylation sites is 1. The van der Waals surface area contributed by atoms with Crippen LogP contribution in [0.1, 0.15) is 140 Å². The second-order valence-corrected chi connectivity index (χ2v) is 26.5. The van der Waals surface area contributed by atoms with Crippen molar-refractivity contribution in [1.82, 2.24) is 14.5 Å². The summed E-state index contributed by atoms with van der Waals surface area (Å²) in [6.45, 7) is 30.2. The molecule has 1 N–H and O–H groups in total. The molecule has 0 saturated carbocycles. The van der Waals surface area contributed by atoms with Crippen LogP contribution in [0.4, 0.5) is 0 Å². The van der Waals surface area contributed by atoms with Crippen LogP contribution >= 0.6 is 0 Å². The molecule has 10 aromatic rings. The van der Waals surface area contributed by atoms with Crippen LogP contribution in [-0.2, 0) is 53.6 Å². The van der Waals surface area contributed by atoms with E-state index in [2.05, 4.69) is 277 Å². The van der Waals surface area contributed by atoms with Gasteiger partial charge in [-0.25, -0.2) is 4.98 Å². The van der Waals surface area contributed by atoms with E-state index in [4.69, 9.17) is 9.97 Å². The van der Waals surface area contributed by atoms with Gasteiger partial charge in [0, 0.05) is 65.7 Å². The molecule has 0 saturated heterocycles. The van der Waals surface area contributed by atoms with Gasteiger partial charge in [-0.15, -0.1) is 29.8 Å². The van der Waals surface area contributed by atoms with Crippen molar-refractivity contribution in [2.75, 3.05) is 0 Å². The summed E-state index contributed by atoms with van der Waals surface area (Å²) in [7, 11) is 0. The first-order valence-corrected chi connectivity index (χ1v) is 28.0. The molecule has 4 nitrogen and oxygen atoms in total. The van der Waals surface area contributed by atoms with E-state index >= 15 is 0 Å². The minimum Gasteiger partial charge on any atom is -0.507 e. The van der Waals surface area contributed by atoms with Crippen molar-refractivity contribution >= 4 is 11.0 Å². The zero-order chi connectivity index (χ0) is 54.7. The third-order valence-electron chi connectivity index (χ3n) is 19.5. The Hall–Kier alpha value is -7.13. The first kappa shape index (κ1) is 52.6. The molecule has 4 unspecified atom stereocenters. The summed E-state index contributed by atoms with van der Waals surface area (Å²) in [5, 5.41) is 12.6. The smallest absolute Gasteiger partial charge is 0.148 e. The molecule has 398 valence electrons. The quantitative estimate of drug-likeness (QED) is 0.169. The zero-order valence-electron chi connectivity index (χ0n) is 47.9. The first-order valence-electron chi connectivity index (χ1n) is 28.0. The fourth-order valence-corrected chi connectivity index (χ4v) is 15.0. The molecule has 8 aromatic carbocycles. The van der Waals surface area contributed by atoms with E-state index in [-0.39, 0.29) is 64.7 Å². The number of aromatic hydroxyl groups is 1. The van der Waals surface area contributed by atoms with E-state index in [1.807, 2.05) is 6.20 Å². The summed E-state index contributed by atoms with van der Waals surface area (Å²) in [4.78, 5) is 10.7. The Morgan fingerprint density at radius 2 is 1.01 bits per heavy atom. The van der Waals surface area contributed by atoms with E-state index in [0.29, 0.717) is 11.4 Å². The summed E-state index contributed by atoms with van der Waals surface area (Å²) in [5.41, 5.74) is 22.2. The molecule has 0 radical (unpaired) electrons. The Kier molecular flexibility index (Phi) is 11.8. The monoisotopic (exact) mass is 1210 g/mol. The SMILES string of the molecule is CC(C)(C)c1ccc(-n2c(-c3cc(C(C)(C)C)cc(C(C)(C)C)c3O)nc3c(-c4[c-]c(-c5cc(-c6ccc7c(c6)C6(C)c8ccccc8C8(C)c9ccccc9C7(C)C86C)ccn5)ccc4)cccc32)c(-c2ccccc2)c1.[Pt]. The summed E-state index contributed by atoms with van der Waals surface area (Å²) < 4.78 is 2.28. The molecule has 13 rings (SSSR count). The van der Waals surface area contributed by atoms with Gasteiger partial charge >= 0.3 is 0 Å². The van der Waals surface area contributed by atoms with Crippen molar-refractivity contribution in [3.8, 4) is 67.5 Å². The van der Waals surface area contributed by atoms with Gasteiger partial charge in [-0.05, 0) is 114 Å². The van der Waals surface area contributed by atoms with Crippen molar-refractivity contribution in [2.24, 2.45) is 5.41 Å². The summed E-state index contributed by atoms with van der Waals surface area (Å²) in [6, 6.07) is 68.7. The number of rotatable bonds is 6. The van der Waals surface area contributed by atoms with Crippen LogP contribution in [0.2, 0.25) is 0 Å². The van der Waals surface area contributed by atoms with E-state index in [9.17, 15) is 5.11 Å². The number of hydrogen-bond donors (Lipinski definition) is 1. The van der Waals surface area contributed by atoms with Crippen molar-refractivity contribution in [1.29, 1.82) is 0 Å². The molecule has 4 atom stereocenters. The zero-order valence-corrected chi connectivity index (χ0v) is 50.2. The van der Waals surface area contributed by atoms with Gasteiger partial charge in [0.1, 0.15) is 11.6 Å². The molecular formula is C74H70N3OPt-. The normalized spacial score (nSPS) is 20.9. The molecule has 3 aliphatic rings. The predicted molar refractivity (Wildman–Crippen MR) is 323 cm³/mol. The van der Waals surface area contributed by atoms with E-state index < -0.39 is 0 Å². The van der Waals surface area contributed by atoms with E-state index in [0.717, 1.165) is 66.9 Å². The van der Waals surface area contributed by atoms with Gasteiger partial charge in [0.05, 0.1) is 22.3 Å². The van der Waals surface area contributed by atoms with Crippen molar-refractivity contribution in [3.05, 3.63) is 238 Å². The molecule has 0 fully saturated rings. The number of benzene rings is 8. The maximum Gasteiger partial charge on any atom is 0.148 e. The molecule has 3 aliphatic carbocycles. The fraction of sp³-hybridized carbons (Fsp3) is 0.270. The Labute approximate surface area is 482 Å². The second-order valence-electron chi connectivity index (χ2n) is 26.5. The van der Waals surface area contributed by atoms with Gasteiger partial charge < -0.3 is 5.11 Å². The number of pyridine rings is 1. The average molecular weight is 1210 g/mol. The Balaban J connectivity index is 0.00000623. The number of aromatic nitrogens is 3. The molecular weight excluding hydrogens is 1140 g/mol. The van der Waals surface area contributed by atoms with Gasteiger partial charge in [0.15, 0.2) is 0 Å². The van der Waals surface area contributed by atoms with E-state index in [1.165, 1.54) is 44.5 Å². The Bertz CT molecular complexity index is 4120. The molecule has 0 spiro atoms. The standard InChI is InChI=1S/C74H70N3O.Pt/c1-68(2,3)50-34-36-63(53(42-50)45-23-15-14-16-24-45)77-64-32-22-27-52(65(64)76-67(77)54-43-51(69(4,5)6)44-61(66(54)78)70(7,8)9)48-25-21-26-49(39-48)62-41-47(37-38-75-62)46-33-35-59-60(40-46)73(12)58-31-20-19-30-57(58)71(10)55-28-17-18-29-56(55)72(59,11)74(71,73)13;/h14-38,40-44,78H,1-13H3;/q-1;. The van der Waals surface area contributed by atoms with E-state index in [1.54, 1.807) is 0 Å². The molecule has 2 aromatic heterocycles. The van der Waals surface area contributed by atoms with Crippen molar-refractivity contribution in [2.45, 2.75) is 122 Å². The number of imidazole rings is 1. The predicted octanol–water partition coefficient (Wildman–Crippen LogP) is 18.4. The molecule has 0 bridgehead atoms. The number of hydrogen-bond acceptors (Lipinski definition) is 3. The van der Waals surface area contributed by atoms with Crippen molar-refractivity contribution in [3.63, 3.8) is 0 Å². The third kappa shape index (κ3) is 7.21. The molecule has 0 aliphatic heterocycles. The third-order valence-corrected chi connectivity index (χ3v) is 19.5. The summed E-state index contributed by atoms with van der Waals surface area (Å²) >= 11 is 0. The number of phenols is 1. The Morgan fingerprint density at radius 1 is 0.456 bits per heavy atom. The topological polar surface area (TPSA) is 50.9 Å². The van der Waals surface area contributed by atoms with Gasteiger partial charge in [-0.2, -0.15) is 0 Å². The second kappa shape index (κ2) is 17.7. The number of phenolic OH excluding ortho intramolecular Hbond substituents is 1. The van der Waals surface area contributed by atoms with Gasteiger partial charge in [-0.3, -0.25) is 9.55 Å². The maximum absolute atomic E-state index is 12.6.